The van der Waals surface area contributed by atoms with E-state index < -0.39 is 31.8 Å². The number of pyridine rings is 2. The summed E-state index contributed by atoms with van der Waals surface area (Å²) < 4.78 is 35.6. The minimum Gasteiger partial charge on any atom is -0.465 e. The Labute approximate surface area is 233 Å². The van der Waals surface area contributed by atoms with E-state index in [1.165, 1.54) is 12.1 Å². The molecule has 1 unspecified atom stereocenters. The maximum Gasteiger partial charge on any atom is 0.405 e. The van der Waals surface area contributed by atoms with Gasteiger partial charge in [0.05, 0.1) is 23.4 Å². The predicted octanol–water partition coefficient (Wildman–Crippen LogP) is 6.76. The highest BCUT2D eigenvalue weighted by atomic mass is 28.3. The summed E-state index contributed by atoms with van der Waals surface area (Å²) in [6.45, 7) is 11.8. The van der Waals surface area contributed by atoms with Crippen LogP contribution in [0.4, 0.5) is 13.6 Å². The van der Waals surface area contributed by atoms with Gasteiger partial charge >= 0.3 is 6.09 Å². The molecule has 0 fully saturated rings. The quantitative estimate of drug-likeness (QED) is 0.153. The van der Waals surface area contributed by atoms with E-state index in [-0.39, 0.29) is 19.1 Å². The molecule has 0 radical (unpaired) electrons. The minimum atomic E-state index is -1.28. The summed E-state index contributed by atoms with van der Waals surface area (Å²) in [7, 11) is -1.25. The molecule has 1 atom stereocenters. The summed E-state index contributed by atoms with van der Waals surface area (Å²) in [6, 6.07) is 9.00. The van der Waals surface area contributed by atoms with Crippen molar-refractivity contribution in [3.8, 4) is 11.1 Å². The molecule has 0 spiro atoms. The Morgan fingerprint density at radius 1 is 1.10 bits per heavy atom. The molecule has 0 aliphatic rings. The molecule has 8 nitrogen and oxygen atoms in total. The van der Waals surface area contributed by atoms with Crippen molar-refractivity contribution in [3.63, 3.8) is 0 Å². The van der Waals surface area contributed by atoms with E-state index in [1.807, 2.05) is 32.0 Å². The Morgan fingerprint density at radius 2 is 1.82 bits per heavy atom. The maximum atomic E-state index is 14.0. The van der Waals surface area contributed by atoms with Crippen molar-refractivity contribution >= 4 is 25.2 Å². The smallest absolute Gasteiger partial charge is 0.405 e. The number of halogens is 2. The molecule has 4 rings (SSSR count). The van der Waals surface area contributed by atoms with Crippen LogP contribution in [-0.4, -0.2) is 45.6 Å². The van der Waals surface area contributed by atoms with Crippen molar-refractivity contribution in [2.75, 3.05) is 6.61 Å². The Morgan fingerprint density at radius 3 is 2.42 bits per heavy atom. The van der Waals surface area contributed by atoms with Crippen LogP contribution >= 0.6 is 0 Å². The first kappa shape index (κ1) is 29.3. The van der Waals surface area contributed by atoms with Crippen molar-refractivity contribution < 1.29 is 23.4 Å². The van der Waals surface area contributed by atoms with Crippen LogP contribution in [0.1, 0.15) is 42.8 Å². The second kappa shape index (κ2) is 12.2. The van der Waals surface area contributed by atoms with Gasteiger partial charge in [0, 0.05) is 43.8 Å². The number of benzene rings is 1. The molecule has 11 heteroatoms. The summed E-state index contributed by atoms with van der Waals surface area (Å²) in [6.07, 6.45) is 2.03. The van der Waals surface area contributed by atoms with Crippen LogP contribution in [0.25, 0.3) is 22.2 Å². The topological polar surface area (TPSA) is 102 Å². The number of carbonyl (C=O) groups is 1. The van der Waals surface area contributed by atoms with Crippen LogP contribution in [0.2, 0.25) is 25.7 Å². The first-order valence-corrected chi connectivity index (χ1v) is 17.0. The number of ether oxygens (including phenoxy) is 1. The molecule has 0 bridgehead atoms. The Bertz CT molecular complexity index is 1470. The van der Waals surface area contributed by atoms with Gasteiger partial charge in [-0.1, -0.05) is 39.6 Å². The standard InChI is InChI=1S/C29H35F2N5O3Si/c1-18(2)24-7-6-20(15-32-24)23-14-27-26(16-33-36(27)17-39-8-9-40(3,4)5)34-28(23)25(35-29(37)38)12-19-10-21(30)13-22(31)11-19/h6-7,10-11,13-16,18,25,35H,8-9,12,17H2,1-5H3,(H,37,38). The third kappa shape index (κ3) is 7.48. The van der Waals surface area contributed by atoms with E-state index in [0.29, 0.717) is 34.5 Å². The molecule has 1 aromatic carbocycles. The molecule has 0 aliphatic carbocycles. The lowest BCUT2D eigenvalue weighted by Gasteiger charge is -2.21. The summed E-state index contributed by atoms with van der Waals surface area (Å²) in [5.41, 5.74) is 4.23. The fourth-order valence-electron chi connectivity index (χ4n) is 4.39. The highest BCUT2D eigenvalue weighted by molar-refractivity contribution is 6.76. The van der Waals surface area contributed by atoms with Crippen LogP contribution in [0.5, 0.6) is 0 Å². The summed E-state index contributed by atoms with van der Waals surface area (Å²) in [5.74, 6) is -1.25. The Hall–Kier alpha value is -3.70. The minimum absolute atomic E-state index is 0.0159. The first-order valence-electron chi connectivity index (χ1n) is 13.2. The molecule has 0 saturated heterocycles. The second-order valence-corrected chi connectivity index (χ2v) is 17.0. The predicted molar refractivity (Wildman–Crippen MR) is 153 cm³/mol. The van der Waals surface area contributed by atoms with Crippen LogP contribution in [0.3, 0.4) is 0 Å². The molecule has 3 heterocycles. The fourth-order valence-corrected chi connectivity index (χ4v) is 5.14. The fraction of sp³-hybridized carbons (Fsp3) is 0.379. The summed E-state index contributed by atoms with van der Waals surface area (Å²) in [4.78, 5) is 21.2. The van der Waals surface area contributed by atoms with Gasteiger partial charge in [-0.25, -0.2) is 23.2 Å². The molecular formula is C29H35F2N5O3Si. The van der Waals surface area contributed by atoms with E-state index in [4.69, 9.17) is 9.72 Å². The zero-order valence-electron chi connectivity index (χ0n) is 23.4. The van der Waals surface area contributed by atoms with Crippen molar-refractivity contribution in [2.45, 2.75) is 64.6 Å². The molecule has 4 aromatic rings. The number of fused-ring (bicyclic) bond motifs is 1. The first-order chi connectivity index (χ1) is 18.9. The monoisotopic (exact) mass is 567 g/mol. The van der Waals surface area contributed by atoms with Gasteiger partial charge in [-0.05, 0) is 48.2 Å². The molecule has 0 aliphatic heterocycles. The molecule has 1 amide bonds. The highest BCUT2D eigenvalue weighted by Crippen LogP contribution is 2.32. The SMILES string of the molecule is CC(C)c1ccc(-c2cc3c(cnn3COCC[Si](C)(C)C)nc2C(Cc2cc(F)cc(F)c2)NC(=O)O)cn1. The number of hydrogen-bond donors (Lipinski definition) is 2. The molecule has 212 valence electrons. The Kier molecular flexibility index (Phi) is 8.94. The molecule has 3 aromatic heterocycles. The van der Waals surface area contributed by atoms with Gasteiger partial charge < -0.3 is 15.2 Å². The molecule has 0 saturated carbocycles. The zero-order valence-corrected chi connectivity index (χ0v) is 24.4. The third-order valence-electron chi connectivity index (χ3n) is 6.55. The highest BCUT2D eigenvalue weighted by Gasteiger charge is 2.24. The van der Waals surface area contributed by atoms with Gasteiger partial charge in [-0.2, -0.15) is 5.10 Å². The van der Waals surface area contributed by atoms with E-state index in [2.05, 4.69) is 35.0 Å². The number of carboxylic acid groups (broad SMARTS) is 1. The maximum absolute atomic E-state index is 14.0. The van der Waals surface area contributed by atoms with E-state index in [9.17, 15) is 18.7 Å². The van der Waals surface area contributed by atoms with Gasteiger partial charge in [0.2, 0.25) is 0 Å². The van der Waals surface area contributed by atoms with Gasteiger partial charge in [-0.3, -0.25) is 4.98 Å². The third-order valence-corrected chi connectivity index (χ3v) is 8.25. The largest absolute Gasteiger partial charge is 0.465 e. The van der Waals surface area contributed by atoms with Crippen LogP contribution < -0.4 is 5.32 Å². The number of aromatic nitrogens is 4. The Balaban J connectivity index is 1.79. The number of rotatable bonds is 11. The lowest BCUT2D eigenvalue weighted by Crippen LogP contribution is -2.29. The lowest BCUT2D eigenvalue weighted by molar-refractivity contribution is 0.0817. The van der Waals surface area contributed by atoms with Crippen LogP contribution in [-0.2, 0) is 17.9 Å². The van der Waals surface area contributed by atoms with Gasteiger partial charge in [0.15, 0.2) is 0 Å². The average molecular weight is 568 g/mol. The van der Waals surface area contributed by atoms with Gasteiger partial charge in [0.1, 0.15) is 23.9 Å². The molecule has 40 heavy (non-hydrogen) atoms. The zero-order chi connectivity index (χ0) is 29.0. The average Bonchev–Trinajstić information content (AvgIpc) is 3.26. The number of amides is 1. The van der Waals surface area contributed by atoms with E-state index >= 15 is 0 Å². The van der Waals surface area contributed by atoms with Crippen molar-refractivity contribution in [2.24, 2.45) is 0 Å². The summed E-state index contributed by atoms with van der Waals surface area (Å²) in [5, 5.41) is 16.6. The van der Waals surface area contributed by atoms with Gasteiger partial charge in [-0.15, -0.1) is 0 Å². The van der Waals surface area contributed by atoms with Crippen molar-refractivity contribution in [3.05, 3.63) is 77.4 Å². The second-order valence-electron chi connectivity index (χ2n) is 11.4. The van der Waals surface area contributed by atoms with Crippen molar-refractivity contribution in [1.29, 1.82) is 0 Å². The number of nitrogens with zero attached hydrogens (tertiary/aromatic N) is 4. The van der Waals surface area contributed by atoms with Crippen LogP contribution in [0, 0.1) is 11.6 Å². The molecular weight excluding hydrogens is 532 g/mol. The van der Waals surface area contributed by atoms with E-state index in [1.54, 1.807) is 17.1 Å². The lowest BCUT2D eigenvalue weighted by atomic mass is 9.95. The molecule has 2 N–H and O–H groups in total. The van der Waals surface area contributed by atoms with Crippen LogP contribution in [0.15, 0.2) is 48.8 Å². The van der Waals surface area contributed by atoms with Gasteiger partial charge in [0.25, 0.3) is 0 Å². The van der Waals surface area contributed by atoms with E-state index in [0.717, 1.165) is 23.4 Å². The van der Waals surface area contributed by atoms with Crippen molar-refractivity contribution in [1.82, 2.24) is 25.1 Å². The normalized spacial score (nSPS) is 12.7. The number of hydrogen-bond acceptors (Lipinski definition) is 5. The summed E-state index contributed by atoms with van der Waals surface area (Å²) >= 11 is 0. The number of nitrogens with one attached hydrogen (secondary N) is 1.